The number of hydrogen-bond acceptors (Lipinski definition) is 7. The van der Waals surface area contributed by atoms with Crippen molar-refractivity contribution in [3.05, 3.63) is 106 Å². The number of aromatic nitrogens is 1. The predicted octanol–water partition coefficient (Wildman–Crippen LogP) is 3.36. The summed E-state index contributed by atoms with van der Waals surface area (Å²) in [5, 5.41) is 11.9. The minimum atomic E-state index is -0.910. The minimum Gasteiger partial charge on any atom is -0.463 e. The van der Waals surface area contributed by atoms with Crippen molar-refractivity contribution < 1.29 is 14.5 Å². The third-order valence-corrected chi connectivity index (χ3v) is 6.32. The highest BCUT2D eigenvalue weighted by atomic mass is 35.5. The Morgan fingerprint density at radius 1 is 1.30 bits per heavy atom. The van der Waals surface area contributed by atoms with E-state index in [1.807, 2.05) is 0 Å². The van der Waals surface area contributed by atoms with E-state index in [9.17, 15) is 19.7 Å². The van der Waals surface area contributed by atoms with Crippen LogP contribution in [0, 0.1) is 10.1 Å². The molecule has 3 aromatic rings. The van der Waals surface area contributed by atoms with Crippen molar-refractivity contribution in [3.8, 4) is 0 Å². The SMILES string of the molecule is CCOC(=O)C1=C(C)N=c2s/c(=C/c3ccc(Cl)cc3)c(=O)n2C1c1cccc([N+](=O)[O-])c1. The van der Waals surface area contributed by atoms with Gasteiger partial charge in [0.05, 0.1) is 33.4 Å². The van der Waals surface area contributed by atoms with Crippen LogP contribution in [-0.2, 0) is 9.53 Å². The van der Waals surface area contributed by atoms with Crippen molar-refractivity contribution in [2.75, 3.05) is 6.61 Å². The van der Waals surface area contributed by atoms with Crippen molar-refractivity contribution in [3.63, 3.8) is 0 Å². The first kappa shape index (κ1) is 22.6. The number of nitrogens with zero attached hydrogens (tertiary/aromatic N) is 3. The second-order valence-electron chi connectivity index (χ2n) is 7.21. The summed E-state index contributed by atoms with van der Waals surface area (Å²) in [6, 6.07) is 12.0. The van der Waals surface area contributed by atoms with E-state index >= 15 is 0 Å². The number of allylic oxidation sites excluding steroid dienone is 1. The number of esters is 1. The highest BCUT2D eigenvalue weighted by molar-refractivity contribution is 7.07. The van der Waals surface area contributed by atoms with E-state index in [4.69, 9.17) is 16.3 Å². The maximum atomic E-state index is 13.5. The summed E-state index contributed by atoms with van der Waals surface area (Å²) >= 11 is 7.12. The first-order chi connectivity index (χ1) is 15.8. The summed E-state index contributed by atoms with van der Waals surface area (Å²) in [7, 11) is 0. The number of non-ortho nitro benzene ring substituents is 1. The molecule has 1 aromatic heterocycles. The van der Waals surface area contributed by atoms with Crippen LogP contribution in [-0.4, -0.2) is 22.1 Å². The van der Waals surface area contributed by atoms with Crippen LogP contribution in [0.5, 0.6) is 0 Å². The number of benzene rings is 2. The van der Waals surface area contributed by atoms with E-state index in [1.165, 1.54) is 34.1 Å². The fraction of sp³-hybridized carbons (Fsp3) is 0.174. The molecular weight excluding hydrogens is 466 g/mol. The molecule has 2 heterocycles. The van der Waals surface area contributed by atoms with Gasteiger partial charge in [0.15, 0.2) is 4.80 Å². The number of nitro groups is 1. The number of halogens is 1. The summed E-state index contributed by atoms with van der Waals surface area (Å²) in [6.45, 7) is 3.47. The summed E-state index contributed by atoms with van der Waals surface area (Å²) in [6.07, 6.45) is 1.72. The number of fused-ring (bicyclic) bond motifs is 1. The molecule has 0 fully saturated rings. The van der Waals surface area contributed by atoms with Crippen molar-refractivity contribution in [1.29, 1.82) is 0 Å². The van der Waals surface area contributed by atoms with Gasteiger partial charge < -0.3 is 4.74 Å². The third-order valence-electron chi connectivity index (χ3n) is 5.08. The van der Waals surface area contributed by atoms with E-state index in [0.29, 0.717) is 25.6 Å². The molecule has 0 spiro atoms. The van der Waals surface area contributed by atoms with Gasteiger partial charge in [-0.2, -0.15) is 0 Å². The van der Waals surface area contributed by atoms with Crippen LogP contribution in [0.4, 0.5) is 5.69 Å². The van der Waals surface area contributed by atoms with Crippen LogP contribution in [0.1, 0.15) is 31.0 Å². The van der Waals surface area contributed by atoms with Gasteiger partial charge >= 0.3 is 5.97 Å². The zero-order valence-corrected chi connectivity index (χ0v) is 19.2. The molecule has 0 N–H and O–H groups in total. The molecular formula is C23H18ClN3O5S. The summed E-state index contributed by atoms with van der Waals surface area (Å²) < 4.78 is 7.03. The molecule has 4 rings (SSSR count). The zero-order chi connectivity index (χ0) is 23.7. The van der Waals surface area contributed by atoms with Gasteiger partial charge in [0.1, 0.15) is 0 Å². The average molecular weight is 484 g/mol. The van der Waals surface area contributed by atoms with E-state index in [1.54, 1.807) is 50.3 Å². The summed E-state index contributed by atoms with van der Waals surface area (Å²) in [5.74, 6) is -0.623. The number of carbonyl (C=O) groups excluding carboxylic acids is 1. The molecule has 0 amide bonds. The van der Waals surface area contributed by atoms with Gasteiger partial charge in [0.25, 0.3) is 11.2 Å². The standard InChI is InChI=1S/C23H18ClN3O5S/c1-3-32-22(29)19-13(2)25-23-26(20(19)15-5-4-6-17(12-15)27(30)31)21(28)18(33-23)11-14-7-9-16(24)10-8-14/h4-12,20H,3H2,1-2H3/b18-11+. The van der Waals surface area contributed by atoms with Gasteiger partial charge in [-0.15, -0.1) is 0 Å². The predicted molar refractivity (Wildman–Crippen MR) is 125 cm³/mol. The van der Waals surface area contributed by atoms with Crippen LogP contribution in [0.15, 0.2) is 69.6 Å². The van der Waals surface area contributed by atoms with Crippen molar-refractivity contribution in [2.24, 2.45) is 4.99 Å². The average Bonchev–Trinajstić information content (AvgIpc) is 3.09. The molecule has 10 heteroatoms. The molecule has 1 aliphatic heterocycles. The summed E-state index contributed by atoms with van der Waals surface area (Å²) in [4.78, 5) is 42.0. The zero-order valence-electron chi connectivity index (χ0n) is 17.6. The maximum absolute atomic E-state index is 13.5. The number of hydrogen-bond donors (Lipinski definition) is 0. The van der Waals surface area contributed by atoms with Gasteiger partial charge in [-0.05, 0) is 43.2 Å². The van der Waals surface area contributed by atoms with Gasteiger partial charge in [-0.25, -0.2) is 9.79 Å². The van der Waals surface area contributed by atoms with Crippen LogP contribution in [0.3, 0.4) is 0 Å². The van der Waals surface area contributed by atoms with Gasteiger partial charge in [-0.3, -0.25) is 19.5 Å². The Bertz CT molecular complexity index is 1470. The Labute approximate surface area is 196 Å². The van der Waals surface area contributed by atoms with Gasteiger partial charge in [0.2, 0.25) is 0 Å². The first-order valence-corrected chi connectivity index (χ1v) is 11.2. The Morgan fingerprint density at radius 2 is 2.03 bits per heavy atom. The minimum absolute atomic E-state index is 0.137. The lowest BCUT2D eigenvalue weighted by Gasteiger charge is -2.24. The second-order valence-corrected chi connectivity index (χ2v) is 8.65. The number of rotatable bonds is 5. The smallest absolute Gasteiger partial charge is 0.338 e. The van der Waals surface area contributed by atoms with Crippen LogP contribution >= 0.6 is 22.9 Å². The molecule has 0 saturated heterocycles. The Hall–Kier alpha value is -3.56. The van der Waals surface area contributed by atoms with E-state index in [2.05, 4.69) is 4.99 Å². The molecule has 1 unspecified atom stereocenters. The molecule has 1 atom stereocenters. The molecule has 1 aliphatic rings. The number of nitro benzene ring substituents is 1. The molecule has 0 aliphatic carbocycles. The van der Waals surface area contributed by atoms with Crippen molar-refractivity contribution in [2.45, 2.75) is 19.9 Å². The Balaban J connectivity index is 1.97. The van der Waals surface area contributed by atoms with E-state index < -0.39 is 16.9 Å². The maximum Gasteiger partial charge on any atom is 0.338 e. The normalized spacial score (nSPS) is 15.7. The van der Waals surface area contributed by atoms with Crippen LogP contribution in [0.2, 0.25) is 5.02 Å². The second kappa shape index (κ2) is 9.13. The lowest BCUT2D eigenvalue weighted by molar-refractivity contribution is -0.384. The molecule has 0 saturated carbocycles. The van der Waals surface area contributed by atoms with Crippen LogP contribution < -0.4 is 14.9 Å². The molecule has 0 bridgehead atoms. The van der Waals surface area contributed by atoms with Gasteiger partial charge in [0, 0.05) is 17.2 Å². The molecule has 2 aromatic carbocycles. The fourth-order valence-electron chi connectivity index (χ4n) is 3.63. The number of carbonyl (C=O) groups is 1. The highest BCUT2D eigenvalue weighted by Gasteiger charge is 2.34. The lowest BCUT2D eigenvalue weighted by Crippen LogP contribution is -2.39. The summed E-state index contributed by atoms with van der Waals surface area (Å²) in [5.41, 5.74) is 1.25. The van der Waals surface area contributed by atoms with Crippen molar-refractivity contribution in [1.82, 2.24) is 4.57 Å². The number of ether oxygens (including phenoxy) is 1. The Morgan fingerprint density at radius 3 is 2.70 bits per heavy atom. The van der Waals surface area contributed by atoms with Crippen LogP contribution in [0.25, 0.3) is 6.08 Å². The first-order valence-electron chi connectivity index (χ1n) is 9.99. The molecule has 33 heavy (non-hydrogen) atoms. The molecule has 8 nitrogen and oxygen atoms in total. The van der Waals surface area contributed by atoms with Gasteiger partial charge in [-0.1, -0.05) is 47.2 Å². The lowest BCUT2D eigenvalue weighted by atomic mass is 9.95. The molecule has 168 valence electrons. The highest BCUT2D eigenvalue weighted by Crippen LogP contribution is 2.32. The topological polar surface area (TPSA) is 104 Å². The van der Waals surface area contributed by atoms with Crippen molar-refractivity contribution >= 4 is 40.7 Å². The number of thiazole rings is 1. The van der Waals surface area contributed by atoms with E-state index in [-0.39, 0.29) is 23.4 Å². The third kappa shape index (κ3) is 4.37. The Kier molecular flexibility index (Phi) is 6.26. The quantitative estimate of drug-likeness (QED) is 0.314. The largest absolute Gasteiger partial charge is 0.463 e. The fourth-order valence-corrected chi connectivity index (χ4v) is 4.80. The van der Waals surface area contributed by atoms with E-state index in [0.717, 1.165) is 5.56 Å². The monoisotopic (exact) mass is 483 g/mol. The molecule has 0 radical (unpaired) electrons.